The fraction of sp³-hybridized carbons (Fsp3) is 0.350. The van der Waals surface area contributed by atoms with Crippen molar-refractivity contribution in [3.05, 3.63) is 65.5 Å². The number of piperazine rings is 1. The van der Waals surface area contributed by atoms with Crippen molar-refractivity contribution < 1.29 is 26.4 Å². The number of benzene rings is 2. The Hall–Kier alpha value is -2.59. The van der Waals surface area contributed by atoms with E-state index in [9.17, 15) is 26.4 Å². The molecule has 1 aliphatic heterocycles. The third-order valence-electron chi connectivity index (χ3n) is 4.88. The minimum atomic E-state index is -3.53. The Morgan fingerprint density at radius 1 is 0.933 bits per heavy atom. The topological polar surface area (TPSA) is 69.7 Å². The Morgan fingerprint density at radius 2 is 1.53 bits per heavy atom. The molecule has 1 saturated heterocycles. The Morgan fingerprint density at radius 3 is 2.13 bits per heavy atom. The molecule has 0 aliphatic carbocycles. The van der Waals surface area contributed by atoms with Crippen molar-refractivity contribution >= 4 is 21.6 Å². The van der Waals surface area contributed by atoms with Gasteiger partial charge in [-0.05, 0) is 42.8 Å². The first-order valence-electron chi connectivity index (χ1n) is 9.48. The van der Waals surface area contributed by atoms with Gasteiger partial charge in [0.1, 0.15) is 23.0 Å². The van der Waals surface area contributed by atoms with E-state index in [1.807, 2.05) is 4.90 Å². The van der Waals surface area contributed by atoms with Crippen LogP contribution < -0.4 is 10.2 Å². The van der Waals surface area contributed by atoms with Gasteiger partial charge in [0.2, 0.25) is 10.0 Å². The van der Waals surface area contributed by atoms with Crippen LogP contribution in [0.2, 0.25) is 0 Å². The molecule has 1 amide bonds. The van der Waals surface area contributed by atoms with Crippen LogP contribution in [0, 0.1) is 17.5 Å². The maximum absolute atomic E-state index is 13.6. The first kappa shape index (κ1) is 22.1. The molecule has 3 rings (SSSR count). The number of anilines is 1. The molecule has 0 unspecified atom stereocenters. The summed E-state index contributed by atoms with van der Waals surface area (Å²) in [6.45, 7) is 1.53. The zero-order valence-corrected chi connectivity index (χ0v) is 17.0. The van der Waals surface area contributed by atoms with Crippen LogP contribution in [-0.2, 0) is 10.0 Å². The Balaban J connectivity index is 1.45. The lowest BCUT2D eigenvalue weighted by molar-refractivity contribution is 0.0945. The summed E-state index contributed by atoms with van der Waals surface area (Å²) in [5, 5.41) is 2.35. The van der Waals surface area contributed by atoms with E-state index in [4.69, 9.17) is 0 Å². The van der Waals surface area contributed by atoms with Crippen LogP contribution in [0.1, 0.15) is 16.8 Å². The minimum absolute atomic E-state index is 0.0264. The molecule has 0 bridgehead atoms. The van der Waals surface area contributed by atoms with Gasteiger partial charge < -0.3 is 10.2 Å². The normalized spacial score (nSPS) is 15.2. The Bertz CT molecular complexity index is 972. The van der Waals surface area contributed by atoms with Crippen LogP contribution in [0.3, 0.4) is 0 Å². The lowest BCUT2D eigenvalue weighted by Gasteiger charge is -2.35. The van der Waals surface area contributed by atoms with Crippen LogP contribution in [0.15, 0.2) is 42.5 Å². The maximum Gasteiger partial charge on any atom is 0.257 e. The summed E-state index contributed by atoms with van der Waals surface area (Å²) >= 11 is 0. The molecule has 0 spiro atoms. The zero-order valence-electron chi connectivity index (χ0n) is 16.2. The van der Waals surface area contributed by atoms with Crippen molar-refractivity contribution in [3.8, 4) is 0 Å². The van der Waals surface area contributed by atoms with Crippen molar-refractivity contribution in [2.24, 2.45) is 0 Å². The fourth-order valence-electron chi connectivity index (χ4n) is 3.27. The highest BCUT2D eigenvalue weighted by atomic mass is 32.2. The lowest BCUT2D eigenvalue weighted by Crippen LogP contribution is -2.49. The van der Waals surface area contributed by atoms with E-state index >= 15 is 0 Å². The van der Waals surface area contributed by atoms with E-state index in [1.54, 1.807) is 12.1 Å². The molecule has 6 nitrogen and oxygen atoms in total. The number of carbonyl (C=O) groups is 1. The molecule has 2 aromatic carbocycles. The SMILES string of the molecule is O=C(NCCCS(=O)(=O)N1CCN(c2ccc(F)cc2)CC1)c1c(F)cccc1F. The van der Waals surface area contributed by atoms with E-state index in [-0.39, 0.29) is 24.5 Å². The van der Waals surface area contributed by atoms with E-state index < -0.39 is 33.1 Å². The second-order valence-corrected chi connectivity index (χ2v) is 8.97. The predicted octanol–water partition coefficient (Wildman–Crippen LogP) is 2.38. The summed E-state index contributed by atoms with van der Waals surface area (Å²) in [5.74, 6) is -3.39. The smallest absolute Gasteiger partial charge is 0.257 e. The highest BCUT2D eigenvalue weighted by molar-refractivity contribution is 7.89. The van der Waals surface area contributed by atoms with E-state index in [2.05, 4.69) is 5.32 Å². The third-order valence-corrected chi connectivity index (χ3v) is 6.83. The van der Waals surface area contributed by atoms with Crippen molar-refractivity contribution in [2.75, 3.05) is 43.4 Å². The van der Waals surface area contributed by atoms with Crippen LogP contribution in [-0.4, -0.2) is 57.1 Å². The first-order chi connectivity index (χ1) is 14.3. The largest absolute Gasteiger partial charge is 0.369 e. The second-order valence-electron chi connectivity index (χ2n) is 6.88. The number of hydrogen-bond donors (Lipinski definition) is 1. The number of nitrogens with zero attached hydrogens (tertiary/aromatic N) is 2. The van der Waals surface area contributed by atoms with Gasteiger partial charge in [-0.3, -0.25) is 4.79 Å². The van der Waals surface area contributed by atoms with Crippen LogP contribution in [0.25, 0.3) is 0 Å². The predicted molar refractivity (Wildman–Crippen MR) is 107 cm³/mol. The van der Waals surface area contributed by atoms with Gasteiger partial charge in [0.15, 0.2) is 0 Å². The molecule has 10 heteroatoms. The molecule has 1 N–H and O–H groups in total. The number of rotatable bonds is 7. The minimum Gasteiger partial charge on any atom is -0.369 e. The number of hydrogen-bond acceptors (Lipinski definition) is 4. The molecular weight excluding hydrogens is 419 g/mol. The summed E-state index contributed by atoms with van der Waals surface area (Å²) in [6.07, 6.45) is 0.113. The molecule has 0 atom stereocenters. The zero-order chi connectivity index (χ0) is 21.7. The molecule has 162 valence electrons. The van der Waals surface area contributed by atoms with Gasteiger partial charge in [-0.2, -0.15) is 4.31 Å². The highest BCUT2D eigenvalue weighted by Gasteiger charge is 2.27. The fourth-order valence-corrected chi connectivity index (χ4v) is 4.75. The summed E-state index contributed by atoms with van der Waals surface area (Å²) in [7, 11) is -3.53. The summed E-state index contributed by atoms with van der Waals surface area (Å²) in [4.78, 5) is 13.9. The number of sulfonamides is 1. The van der Waals surface area contributed by atoms with Gasteiger partial charge in [0, 0.05) is 38.4 Å². The first-order valence-corrected chi connectivity index (χ1v) is 11.1. The van der Waals surface area contributed by atoms with Gasteiger partial charge in [0.25, 0.3) is 5.91 Å². The van der Waals surface area contributed by atoms with Gasteiger partial charge >= 0.3 is 0 Å². The summed E-state index contributed by atoms with van der Waals surface area (Å²) < 4.78 is 66.6. The van der Waals surface area contributed by atoms with Crippen LogP contribution >= 0.6 is 0 Å². The quantitative estimate of drug-likeness (QED) is 0.670. The Labute approximate surface area is 173 Å². The van der Waals surface area contributed by atoms with Crippen molar-refractivity contribution in [3.63, 3.8) is 0 Å². The molecular formula is C20H22F3N3O3S. The summed E-state index contributed by atoms with van der Waals surface area (Å²) in [6, 6.07) is 9.15. The molecule has 0 saturated carbocycles. The van der Waals surface area contributed by atoms with Crippen molar-refractivity contribution in [1.29, 1.82) is 0 Å². The third kappa shape index (κ3) is 5.31. The lowest BCUT2D eigenvalue weighted by atomic mass is 10.2. The standard InChI is InChI=1S/C20H22F3N3O3S/c21-15-5-7-16(8-6-15)25-10-12-26(13-11-25)30(28,29)14-2-9-24-20(27)19-17(22)3-1-4-18(19)23/h1,3-8H,2,9-14H2,(H,24,27). The van der Waals surface area contributed by atoms with Crippen LogP contribution in [0.5, 0.6) is 0 Å². The van der Waals surface area contributed by atoms with Gasteiger partial charge in [-0.1, -0.05) is 6.07 Å². The average molecular weight is 441 g/mol. The van der Waals surface area contributed by atoms with Crippen LogP contribution in [0.4, 0.5) is 18.9 Å². The monoisotopic (exact) mass is 441 g/mol. The van der Waals surface area contributed by atoms with Gasteiger partial charge in [-0.15, -0.1) is 0 Å². The number of carbonyl (C=O) groups excluding carboxylic acids is 1. The summed E-state index contributed by atoms with van der Waals surface area (Å²) in [5.41, 5.74) is 0.147. The highest BCUT2D eigenvalue weighted by Crippen LogP contribution is 2.18. The molecule has 30 heavy (non-hydrogen) atoms. The number of halogens is 3. The Kier molecular flexibility index (Phi) is 6.99. The molecule has 2 aromatic rings. The molecule has 1 heterocycles. The molecule has 0 radical (unpaired) electrons. The van der Waals surface area contributed by atoms with Crippen molar-refractivity contribution in [1.82, 2.24) is 9.62 Å². The molecule has 0 aromatic heterocycles. The average Bonchev–Trinajstić information content (AvgIpc) is 2.72. The molecule has 1 aliphatic rings. The number of amides is 1. The van der Waals surface area contributed by atoms with Gasteiger partial charge in [0.05, 0.1) is 5.75 Å². The van der Waals surface area contributed by atoms with E-state index in [0.29, 0.717) is 26.2 Å². The van der Waals surface area contributed by atoms with Crippen molar-refractivity contribution in [2.45, 2.75) is 6.42 Å². The second kappa shape index (κ2) is 9.48. The van der Waals surface area contributed by atoms with E-state index in [0.717, 1.165) is 23.9 Å². The number of nitrogens with one attached hydrogen (secondary N) is 1. The van der Waals surface area contributed by atoms with Gasteiger partial charge in [-0.25, -0.2) is 21.6 Å². The maximum atomic E-state index is 13.6. The van der Waals surface area contributed by atoms with E-state index in [1.165, 1.54) is 16.4 Å². The molecule has 1 fully saturated rings.